The fourth-order valence-electron chi connectivity index (χ4n) is 2.90. The van der Waals surface area contributed by atoms with Gasteiger partial charge in [-0.15, -0.1) is 0 Å². The number of carbonyl (C=O) groups is 2. The normalized spacial score (nSPS) is 16.3. The maximum atomic E-state index is 13.6. The number of rotatable bonds is 5. The molecule has 2 amide bonds. The van der Waals surface area contributed by atoms with Crippen molar-refractivity contribution in [1.29, 1.82) is 0 Å². The molecule has 1 atom stereocenters. The highest BCUT2D eigenvalue weighted by Crippen LogP contribution is 2.33. The first-order valence-electron chi connectivity index (χ1n) is 8.52. The standard InChI is InChI=1S/C18H21FN4O3/c1-10(2)17-21-15(22-26-17)6-7-23(3)18(25)13-9-16(24)20-14-5-4-11(19)8-12(13)14/h4-5,8,10,13H,6-7,9H2,1-3H3,(H,20,24). The number of benzene rings is 1. The van der Waals surface area contributed by atoms with E-state index in [1.54, 1.807) is 7.05 Å². The topological polar surface area (TPSA) is 88.3 Å². The zero-order chi connectivity index (χ0) is 18.8. The van der Waals surface area contributed by atoms with Crippen LogP contribution in [0.3, 0.4) is 0 Å². The summed E-state index contributed by atoms with van der Waals surface area (Å²) < 4.78 is 18.8. The third-order valence-electron chi connectivity index (χ3n) is 4.38. The first kappa shape index (κ1) is 18.0. The highest BCUT2D eigenvalue weighted by atomic mass is 19.1. The Morgan fingerprint density at radius 2 is 2.23 bits per heavy atom. The number of aromatic nitrogens is 2. The van der Waals surface area contributed by atoms with Crippen LogP contribution in [0.1, 0.15) is 49.4 Å². The zero-order valence-corrected chi connectivity index (χ0v) is 15.0. The van der Waals surface area contributed by atoms with Gasteiger partial charge < -0.3 is 14.7 Å². The Bertz CT molecular complexity index is 834. The van der Waals surface area contributed by atoms with Crippen molar-refractivity contribution in [3.63, 3.8) is 0 Å². The van der Waals surface area contributed by atoms with E-state index in [4.69, 9.17) is 4.52 Å². The maximum absolute atomic E-state index is 13.6. The average molecular weight is 360 g/mol. The third-order valence-corrected chi connectivity index (χ3v) is 4.38. The summed E-state index contributed by atoms with van der Waals surface area (Å²) in [6, 6.07) is 4.05. The number of anilines is 1. The molecular weight excluding hydrogens is 339 g/mol. The van der Waals surface area contributed by atoms with Crippen molar-refractivity contribution in [1.82, 2.24) is 15.0 Å². The van der Waals surface area contributed by atoms with Crippen LogP contribution in [-0.2, 0) is 16.0 Å². The van der Waals surface area contributed by atoms with Gasteiger partial charge in [0.1, 0.15) is 5.82 Å². The van der Waals surface area contributed by atoms with Crippen molar-refractivity contribution in [2.75, 3.05) is 18.9 Å². The van der Waals surface area contributed by atoms with E-state index < -0.39 is 11.7 Å². The number of carbonyl (C=O) groups excluding carboxylic acids is 2. The Morgan fingerprint density at radius 3 is 2.92 bits per heavy atom. The van der Waals surface area contributed by atoms with Crippen molar-refractivity contribution in [2.24, 2.45) is 0 Å². The first-order valence-corrected chi connectivity index (χ1v) is 8.52. The Balaban J connectivity index is 1.70. The molecule has 3 rings (SSSR count). The molecule has 1 aliphatic heterocycles. The zero-order valence-electron chi connectivity index (χ0n) is 15.0. The molecule has 7 nitrogen and oxygen atoms in total. The Morgan fingerprint density at radius 1 is 1.46 bits per heavy atom. The van der Waals surface area contributed by atoms with E-state index in [0.29, 0.717) is 35.9 Å². The van der Waals surface area contributed by atoms with E-state index in [9.17, 15) is 14.0 Å². The predicted molar refractivity (Wildman–Crippen MR) is 92.1 cm³/mol. The molecule has 1 aliphatic rings. The number of nitrogens with one attached hydrogen (secondary N) is 1. The fourth-order valence-corrected chi connectivity index (χ4v) is 2.90. The molecule has 0 saturated carbocycles. The summed E-state index contributed by atoms with van der Waals surface area (Å²) in [4.78, 5) is 30.5. The van der Waals surface area contributed by atoms with E-state index in [-0.39, 0.29) is 24.2 Å². The van der Waals surface area contributed by atoms with Gasteiger partial charge in [-0.25, -0.2) is 4.39 Å². The van der Waals surface area contributed by atoms with Crippen LogP contribution in [0, 0.1) is 5.82 Å². The lowest BCUT2D eigenvalue weighted by Crippen LogP contribution is -2.37. The molecule has 138 valence electrons. The Labute approximate surface area is 150 Å². The highest BCUT2D eigenvalue weighted by Gasteiger charge is 2.32. The van der Waals surface area contributed by atoms with Gasteiger partial charge in [0, 0.05) is 38.0 Å². The smallest absolute Gasteiger partial charge is 0.230 e. The Hall–Kier alpha value is -2.77. The molecule has 0 radical (unpaired) electrons. The van der Waals surface area contributed by atoms with Crippen LogP contribution in [0.15, 0.2) is 22.7 Å². The lowest BCUT2D eigenvalue weighted by atomic mass is 9.89. The van der Waals surface area contributed by atoms with Gasteiger partial charge in [-0.3, -0.25) is 9.59 Å². The molecule has 1 aromatic carbocycles. The lowest BCUT2D eigenvalue weighted by Gasteiger charge is -2.28. The van der Waals surface area contributed by atoms with E-state index in [2.05, 4.69) is 15.5 Å². The predicted octanol–water partition coefficient (Wildman–Crippen LogP) is 2.46. The van der Waals surface area contributed by atoms with Gasteiger partial charge in [0.05, 0.1) is 5.92 Å². The van der Waals surface area contributed by atoms with Gasteiger partial charge in [0.2, 0.25) is 17.7 Å². The van der Waals surface area contributed by atoms with Crippen LogP contribution in [0.5, 0.6) is 0 Å². The molecule has 1 aromatic heterocycles. The second kappa shape index (κ2) is 7.23. The summed E-state index contributed by atoms with van der Waals surface area (Å²) in [6.07, 6.45) is 0.437. The minimum atomic E-state index is -0.698. The van der Waals surface area contributed by atoms with Crippen LogP contribution in [0.25, 0.3) is 0 Å². The molecule has 26 heavy (non-hydrogen) atoms. The molecular formula is C18H21FN4O3. The molecule has 8 heteroatoms. The molecule has 0 bridgehead atoms. The van der Waals surface area contributed by atoms with E-state index in [1.165, 1.54) is 23.1 Å². The van der Waals surface area contributed by atoms with Crippen molar-refractivity contribution < 1.29 is 18.5 Å². The second-order valence-electron chi connectivity index (χ2n) is 6.75. The second-order valence-corrected chi connectivity index (χ2v) is 6.75. The molecule has 0 fully saturated rings. The van der Waals surface area contributed by atoms with E-state index in [1.807, 2.05) is 13.8 Å². The highest BCUT2D eigenvalue weighted by molar-refractivity contribution is 6.01. The molecule has 2 heterocycles. The number of hydrogen-bond donors (Lipinski definition) is 1. The molecule has 0 saturated heterocycles. The Kier molecular flexibility index (Phi) is 5.01. The number of fused-ring (bicyclic) bond motifs is 1. The summed E-state index contributed by atoms with van der Waals surface area (Å²) in [6.45, 7) is 4.29. The van der Waals surface area contributed by atoms with Crippen LogP contribution in [0.4, 0.5) is 10.1 Å². The maximum Gasteiger partial charge on any atom is 0.230 e. The van der Waals surface area contributed by atoms with Crippen molar-refractivity contribution in [3.05, 3.63) is 41.3 Å². The molecule has 2 aromatic rings. The minimum absolute atomic E-state index is 0.000660. The van der Waals surface area contributed by atoms with Gasteiger partial charge in [-0.05, 0) is 23.8 Å². The van der Waals surface area contributed by atoms with Gasteiger partial charge in [0.15, 0.2) is 5.82 Å². The summed E-state index contributed by atoms with van der Waals surface area (Å²) in [5.41, 5.74) is 0.984. The fraction of sp³-hybridized carbons (Fsp3) is 0.444. The summed E-state index contributed by atoms with van der Waals surface area (Å²) >= 11 is 0. The first-order chi connectivity index (χ1) is 12.3. The number of halogens is 1. The minimum Gasteiger partial charge on any atom is -0.345 e. The van der Waals surface area contributed by atoms with Gasteiger partial charge in [-0.2, -0.15) is 4.98 Å². The van der Waals surface area contributed by atoms with Gasteiger partial charge in [0.25, 0.3) is 0 Å². The van der Waals surface area contributed by atoms with E-state index in [0.717, 1.165) is 0 Å². The summed E-state index contributed by atoms with van der Waals surface area (Å²) in [5, 5.41) is 6.58. The molecule has 1 N–H and O–H groups in total. The van der Waals surface area contributed by atoms with Gasteiger partial charge in [-0.1, -0.05) is 19.0 Å². The van der Waals surface area contributed by atoms with Crippen LogP contribution < -0.4 is 5.32 Å². The average Bonchev–Trinajstić information content (AvgIpc) is 3.08. The third kappa shape index (κ3) is 3.74. The number of likely N-dealkylation sites (N-methyl/N-ethyl adjacent to an activating group) is 1. The lowest BCUT2D eigenvalue weighted by molar-refractivity contribution is -0.133. The molecule has 1 unspecified atom stereocenters. The quantitative estimate of drug-likeness (QED) is 0.885. The van der Waals surface area contributed by atoms with E-state index >= 15 is 0 Å². The monoisotopic (exact) mass is 360 g/mol. The van der Waals surface area contributed by atoms with Crippen molar-refractivity contribution >= 4 is 17.5 Å². The number of nitrogens with zero attached hydrogens (tertiary/aromatic N) is 3. The van der Waals surface area contributed by atoms with Crippen LogP contribution in [0.2, 0.25) is 0 Å². The van der Waals surface area contributed by atoms with Crippen LogP contribution >= 0.6 is 0 Å². The van der Waals surface area contributed by atoms with Crippen molar-refractivity contribution in [3.8, 4) is 0 Å². The number of amides is 2. The molecule has 0 aliphatic carbocycles. The largest absolute Gasteiger partial charge is 0.345 e. The summed E-state index contributed by atoms with van der Waals surface area (Å²) in [5.74, 6) is -0.398. The van der Waals surface area contributed by atoms with Crippen LogP contribution in [-0.4, -0.2) is 40.4 Å². The SMILES string of the molecule is CC(C)c1nc(CCN(C)C(=O)C2CC(=O)Nc3ccc(F)cc32)no1. The van der Waals surface area contributed by atoms with Gasteiger partial charge >= 0.3 is 0 Å². The summed E-state index contributed by atoms with van der Waals surface area (Å²) in [7, 11) is 1.65. The molecule has 0 spiro atoms. The number of hydrogen-bond acceptors (Lipinski definition) is 5. The van der Waals surface area contributed by atoms with Crippen molar-refractivity contribution in [2.45, 2.75) is 38.5 Å².